The van der Waals surface area contributed by atoms with Gasteiger partial charge in [0.15, 0.2) is 0 Å². The Kier molecular flexibility index (Phi) is 3.52. The van der Waals surface area contributed by atoms with Crippen LogP contribution in [-0.4, -0.2) is 12.2 Å². The van der Waals surface area contributed by atoms with Gasteiger partial charge in [-0.15, -0.1) is 0 Å². The van der Waals surface area contributed by atoms with Crippen LogP contribution in [0.25, 0.3) is 0 Å². The van der Waals surface area contributed by atoms with E-state index in [9.17, 15) is 22.0 Å². The van der Waals surface area contributed by atoms with Crippen LogP contribution in [0.1, 0.15) is 11.1 Å². The average molecular weight is 239 g/mol. The fourth-order valence-corrected chi connectivity index (χ4v) is 1.20. The number of benzene rings is 1. The lowest BCUT2D eigenvalue weighted by Crippen LogP contribution is -2.39. The summed E-state index contributed by atoms with van der Waals surface area (Å²) in [6.45, 7) is 1.33. The van der Waals surface area contributed by atoms with E-state index in [1.54, 1.807) is 0 Å². The predicted octanol–water partition coefficient (Wildman–Crippen LogP) is 2.71. The number of halogens is 5. The Morgan fingerprint density at radius 1 is 1.19 bits per heavy atom. The molecule has 0 aliphatic carbocycles. The molecule has 0 aromatic heterocycles. The SMILES string of the molecule is Cc1cc(F)c(CC(N)C(F)(F)F)cc1F. The van der Waals surface area contributed by atoms with Crippen LogP contribution in [0.2, 0.25) is 0 Å². The third kappa shape index (κ3) is 2.91. The van der Waals surface area contributed by atoms with E-state index >= 15 is 0 Å². The molecule has 1 unspecified atom stereocenters. The van der Waals surface area contributed by atoms with Gasteiger partial charge in [-0.3, -0.25) is 0 Å². The molecule has 1 atom stereocenters. The van der Waals surface area contributed by atoms with Gasteiger partial charge in [0.05, 0.1) is 0 Å². The third-order valence-electron chi connectivity index (χ3n) is 2.19. The Bertz CT molecular complexity index is 386. The minimum atomic E-state index is -4.62. The van der Waals surface area contributed by atoms with E-state index in [1.165, 1.54) is 6.92 Å². The van der Waals surface area contributed by atoms with E-state index in [0.717, 1.165) is 12.1 Å². The lowest BCUT2D eigenvalue weighted by molar-refractivity contribution is -0.147. The first-order chi connectivity index (χ1) is 7.21. The summed E-state index contributed by atoms with van der Waals surface area (Å²) < 4.78 is 62.5. The molecule has 0 saturated heterocycles. The van der Waals surface area contributed by atoms with Crippen molar-refractivity contribution in [3.05, 3.63) is 34.9 Å². The summed E-state index contributed by atoms with van der Waals surface area (Å²) in [7, 11) is 0. The van der Waals surface area contributed by atoms with Crippen molar-refractivity contribution in [2.75, 3.05) is 0 Å². The number of hydrogen-bond donors (Lipinski definition) is 1. The van der Waals surface area contributed by atoms with Gasteiger partial charge in [0.25, 0.3) is 0 Å². The highest BCUT2D eigenvalue weighted by Crippen LogP contribution is 2.23. The van der Waals surface area contributed by atoms with E-state index in [2.05, 4.69) is 0 Å². The molecule has 0 fully saturated rings. The molecule has 1 rings (SSSR count). The molecule has 1 aromatic carbocycles. The van der Waals surface area contributed by atoms with Crippen LogP contribution >= 0.6 is 0 Å². The van der Waals surface area contributed by atoms with Crippen LogP contribution in [-0.2, 0) is 6.42 Å². The van der Waals surface area contributed by atoms with Gasteiger partial charge in [0.2, 0.25) is 0 Å². The van der Waals surface area contributed by atoms with E-state index in [0.29, 0.717) is 0 Å². The van der Waals surface area contributed by atoms with Crippen molar-refractivity contribution < 1.29 is 22.0 Å². The van der Waals surface area contributed by atoms with Crippen molar-refractivity contribution in [1.82, 2.24) is 0 Å². The molecule has 0 spiro atoms. The fourth-order valence-electron chi connectivity index (χ4n) is 1.20. The summed E-state index contributed by atoms with van der Waals surface area (Å²) in [6, 6.07) is -0.589. The summed E-state index contributed by atoms with van der Waals surface area (Å²) in [5.41, 5.74) is 4.50. The Morgan fingerprint density at radius 2 is 1.75 bits per heavy atom. The van der Waals surface area contributed by atoms with Crippen molar-refractivity contribution in [3.8, 4) is 0 Å². The van der Waals surface area contributed by atoms with Gasteiger partial charge >= 0.3 is 6.18 Å². The molecule has 0 aliphatic rings. The smallest absolute Gasteiger partial charge is 0.320 e. The highest BCUT2D eigenvalue weighted by atomic mass is 19.4. The lowest BCUT2D eigenvalue weighted by atomic mass is 10.0. The average Bonchev–Trinajstić information content (AvgIpc) is 2.12. The Morgan fingerprint density at radius 3 is 2.25 bits per heavy atom. The van der Waals surface area contributed by atoms with Gasteiger partial charge in [-0.05, 0) is 36.6 Å². The van der Waals surface area contributed by atoms with E-state index in [-0.39, 0.29) is 11.1 Å². The molecule has 1 aromatic rings. The van der Waals surface area contributed by atoms with Gasteiger partial charge in [-0.1, -0.05) is 0 Å². The summed E-state index contributed by atoms with van der Waals surface area (Å²) >= 11 is 0. The minimum absolute atomic E-state index is 0.0434. The van der Waals surface area contributed by atoms with E-state index < -0.39 is 30.3 Å². The molecule has 0 heterocycles. The maximum Gasteiger partial charge on any atom is 0.403 e. The van der Waals surface area contributed by atoms with Gasteiger partial charge in [0, 0.05) is 0 Å². The first kappa shape index (κ1) is 12.9. The van der Waals surface area contributed by atoms with Gasteiger partial charge in [-0.25, -0.2) is 8.78 Å². The number of nitrogens with two attached hydrogens (primary N) is 1. The second-order valence-electron chi connectivity index (χ2n) is 3.55. The first-order valence-electron chi connectivity index (χ1n) is 4.48. The van der Waals surface area contributed by atoms with Crippen molar-refractivity contribution in [2.24, 2.45) is 5.73 Å². The zero-order valence-corrected chi connectivity index (χ0v) is 8.41. The molecule has 0 bridgehead atoms. The summed E-state index contributed by atoms with van der Waals surface area (Å²) in [5.74, 6) is -1.62. The van der Waals surface area contributed by atoms with Crippen LogP contribution in [0.4, 0.5) is 22.0 Å². The van der Waals surface area contributed by atoms with Crippen LogP contribution in [0, 0.1) is 18.6 Å². The number of alkyl halides is 3. The van der Waals surface area contributed by atoms with Gasteiger partial charge < -0.3 is 5.73 Å². The quantitative estimate of drug-likeness (QED) is 0.789. The largest absolute Gasteiger partial charge is 0.403 e. The second-order valence-corrected chi connectivity index (χ2v) is 3.55. The normalized spacial score (nSPS) is 13.9. The maximum absolute atomic E-state index is 13.2. The summed E-state index contributed by atoms with van der Waals surface area (Å²) in [5, 5.41) is 0. The predicted molar refractivity (Wildman–Crippen MR) is 48.8 cm³/mol. The zero-order chi connectivity index (χ0) is 12.5. The number of rotatable bonds is 2. The molecule has 0 amide bonds. The minimum Gasteiger partial charge on any atom is -0.320 e. The van der Waals surface area contributed by atoms with Crippen LogP contribution < -0.4 is 5.73 Å². The van der Waals surface area contributed by atoms with Gasteiger partial charge in [0.1, 0.15) is 17.7 Å². The lowest BCUT2D eigenvalue weighted by Gasteiger charge is -2.16. The monoisotopic (exact) mass is 239 g/mol. The molecule has 0 saturated carbocycles. The first-order valence-corrected chi connectivity index (χ1v) is 4.48. The third-order valence-corrected chi connectivity index (χ3v) is 2.19. The Balaban J connectivity index is 2.94. The Hall–Kier alpha value is -1.17. The van der Waals surface area contributed by atoms with E-state index in [1.807, 2.05) is 0 Å². The number of aryl methyl sites for hydroxylation is 1. The Labute approximate surface area is 89.1 Å². The molecule has 90 valence electrons. The topological polar surface area (TPSA) is 26.0 Å². The zero-order valence-electron chi connectivity index (χ0n) is 8.41. The van der Waals surface area contributed by atoms with Crippen LogP contribution in [0.3, 0.4) is 0 Å². The molecule has 0 aliphatic heterocycles. The van der Waals surface area contributed by atoms with Crippen LogP contribution in [0.15, 0.2) is 12.1 Å². The molecule has 1 nitrogen and oxygen atoms in total. The van der Waals surface area contributed by atoms with Crippen molar-refractivity contribution in [3.63, 3.8) is 0 Å². The second kappa shape index (κ2) is 4.37. The van der Waals surface area contributed by atoms with Crippen molar-refractivity contribution in [1.29, 1.82) is 0 Å². The number of hydrogen-bond acceptors (Lipinski definition) is 1. The fraction of sp³-hybridized carbons (Fsp3) is 0.400. The molecular formula is C10H10F5N. The van der Waals surface area contributed by atoms with E-state index in [4.69, 9.17) is 5.73 Å². The molecular weight excluding hydrogens is 229 g/mol. The van der Waals surface area contributed by atoms with Crippen molar-refractivity contribution in [2.45, 2.75) is 25.6 Å². The van der Waals surface area contributed by atoms with Gasteiger partial charge in [-0.2, -0.15) is 13.2 Å². The molecule has 6 heteroatoms. The summed E-state index contributed by atoms with van der Waals surface area (Å²) in [4.78, 5) is 0. The summed E-state index contributed by atoms with van der Waals surface area (Å²) in [6.07, 6.45) is -5.39. The highest BCUT2D eigenvalue weighted by molar-refractivity contribution is 5.26. The van der Waals surface area contributed by atoms with Crippen LogP contribution in [0.5, 0.6) is 0 Å². The molecule has 16 heavy (non-hydrogen) atoms. The maximum atomic E-state index is 13.2. The molecule has 2 N–H and O–H groups in total. The standard InChI is InChI=1S/C10H10F5N/c1-5-2-8(12)6(3-7(5)11)4-9(16)10(13,14)15/h2-3,9H,4,16H2,1H3. The molecule has 0 radical (unpaired) electrons. The van der Waals surface area contributed by atoms with Crippen molar-refractivity contribution >= 4 is 0 Å². The highest BCUT2D eigenvalue weighted by Gasteiger charge is 2.37.